The van der Waals surface area contributed by atoms with Gasteiger partial charge in [-0.2, -0.15) is 0 Å². The second-order valence-corrected chi connectivity index (χ2v) is 14.2. The molecule has 11 aromatic rings. The topological polar surface area (TPSA) is 57.0 Å². The van der Waals surface area contributed by atoms with Gasteiger partial charge in [-0.25, -0.2) is 0 Å². The van der Waals surface area contributed by atoms with Crippen LogP contribution in [0.2, 0.25) is 0 Å². The summed E-state index contributed by atoms with van der Waals surface area (Å²) >= 11 is 0. The summed E-state index contributed by atoms with van der Waals surface area (Å²) in [7, 11) is 0. The Morgan fingerprint density at radius 3 is 2.07 bits per heavy atom. The fourth-order valence-electron chi connectivity index (χ4n) is 7.41. The summed E-state index contributed by atoms with van der Waals surface area (Å²) in [5.74, 6) is 0.793. The minimum atomic E-state index is -2.18. The standard InChI is InChI=1S/C40H25N2O2.C13H12N.Ir/c1-25-11-18-31-32-22-29(15-20-38(32)44-39(31)21-25)28-14-19-37-33(23-28)34(24-43-37)40-41-35-9-5-6-10-36(35)42(40)30-16-12-27(13-17-30)26-7-3-2-4-8-26;1-10-3-6-12(7-4-10)13-8-5-11(2)9-14-13;/h2-23H,1H3;3-6,8-9H,1-2H3;/q2*-1;/i;1D3,2D3;. The van der Waals surface area contributed by atoms with Gasteiger partial charge in [0.15, 0.2) is 0 Å². The number of pyridine rings is 1. The molecule has 5 nitrogen and oxygen atoms in total. The van der Waals surface area contributed by atoms with E-state index in [9.17, 15) is 0 Å². The zero-order valence-electron chi connectivity index (χ0n) is 37.7. The van der Waals surface area contributed by atoms with Crippen molar-refractivity contribution in [2.75, 3.05) is 0 Å². The molecule has 287 valence electrons. The first-order valence-electron chi connectivity index (χ1n) is 21.9. The summed E-state index contributed by atoms with van der Waals surface area (Å²) < 4.78 is 58.0. The predicted octanol–water partition coefficient (Wildman–Crippen LogP) is 13.9. The van der Waals surface area contributed by atoms with Gasteiger partial charge in [0.1, 0.15) is 11.2 Å². The Morgan fingerprint density at radius 2 is 1.31 bits per heavy atom. The van der Waals surface area contributed by atoms with E-state index in [1.54, 1.807) is 12.1 Å². The first-order valence-corrected chi connectivity index (χ1v) is 18.9. The van der Waals surface area contributed by atoms with Crippen molar-refractivity contribution in [1.29, 1.82) is 0 Å². The fraction of sp³-hybridized carbons (Fsp3) is 0.0566. The third-order valence-electron chi connectivity index (χ3n) is 10.3. The molecule has 0 saturated heterocycles. The van der Waals surface area contributed by atoms with Crippen molar-refractivity contribution in [1.82, 2.24) is 14.5 Å². The van der Waals surface area contributed by atoms with Gasteiger partial charge in [-0.15, -0.1) is 35.4 Å². The van der Waals surface area contributed by atoms with Gasteiger partial charge < -0.3 is 18.4 Å². The molecular weight excluding hydrogens is 903 g/mol. The smallest absolute Gasteiger partial charge is 0.135 e. The van der Waals surface area contributed by atoms with Crippen LogP contribution in [0.15, 0.2) is 179 Å². The summed E-state index contributed by atoms with van der Waals surface area (Å²) in [5.41, 5.74) is 13.7. The number of imidazole rings is 1. The Hall–Kier alpha value is -6.85. The van der Waals surface area contributed by atoms with Crippen LogP contribution < -0.4 is 0 Å². The average molecular weight is 946 g/mol. The molecule has 59 heavy (non-hydrogen) atoms. The number of fused-ring (bicyclic) bond motifs is 5. The molecule has 0 saturated carbocycles. The van der Waals surface area contributed by atoms with Crippen molar-refractivity contribution in [2.24, 2.45) is 0 Å². The molecular formula is C53H37IrN3O2-2. The van der Waals surface area contributed by atoms with E-state index in [1.807, 2.05) is 24.3 Å². The van der Waals surface area contributed by atoms with E-state index in [4.69, 9.17) is 22.0 Å². The Bertz CT molecular complexity index is 3410. The normalized spacial score (nSPS) is 13.1. The molecule has 0 unspecified atom stereocenters. The monoisotopic (exact) mass is 946 g/mol. The van der Waals surface area contributed by atoms with Crippen LogP contribution >= 0.6 is 0 Å². The van der Waals surface area contributed by atoms with E-state index in [1.165, 1.54) is 41.1 Å². The molecule has 0 aliphatic carbocycles. The van der Waals surface area contributed by atoms with Gasteiger partial charge in [-0.1, -0.05) is 121 Å². The summed E-state index contributed by atoms with van der Waals surface area (Å²) in [4.78, 5) is 9.17. The van der Waals surface area contributed by atoms with Crippen LogP contribution in [0.25, 0.3) is 94.5 Å². The van der Waals surface area contributed by atoms with Crippen molar-refractivity contribution in [3.63, 3.8) is 0 Å². The van der Waals surface area contributed by atoms with Crippen LogP contribution in [0, 0.1) is 33.0 Å². The van der Waals surface area contributed by atoms with Crippen LogP contribution in [0.1, 0.15) is 24.9 Å². The number of benzene rings is 7. The molecule has 7 aromatic carbocycles. The maximum absolute atomic E-state index is 7.28. The van der Waals surface area contributed by atoms with Crippen molar-refractivity contribution in [2.45, 2.75) is 20.6 Å². The van der Waals surface area contributed by atoms with Crippen LogP contribution in [-0.2, 0) is 20.1 Å². The first-order chi connectivity index (χ1) is 30.9. The molecule has 11 rings (SSSR count). The number of para-hydroxylation sites is 2. The van der Waals surface area contributed by atoms with Gasteiger partial charge in [0, 0.05) is 62.8 Å². The molecule has 0 atom stereocenters. The summed E-state index contributed by atoms with van der Waals surface area (Å²) in [6.45, 7) is -2.26. The molecule has 0 fully saturated rings. The molecule has 4 aromatic heterocycles. The first kappa shape index (κ1) is 31.2. The van der Waals surface area contributed by atoms with Crippen LogP contribution in [0.4, 0.5) is 0 Å². The Morgan fingerprint density at radius 1 is 0.593 bits per heavy atom. The van der Waals surface area contributed by atoms with E-state index >= 15 is 0 Å². The van der Waals surface area contributed by atoms with Gasteiger partial charge in [-0.05, 0) is 95.3 Å². The Kier molecular flexibility index (Phi) is 8.37. The summed E-state index contributed by atoms with van der Waals surface area (Å²) in [5, 5.41) is 3.20. The Labute approximate surface area is 364 Å². The molecule has 0 bridgehead atoms. The minimum absolute atomic E-state index is 0. The molecule has 4 heterocycles. The van der Waals surface area contributed by atoms with E-state index in [0.29, 0.717) is 11.3 Å². The van der Waals surface area contributed by atoms with Crippen molar-refractivity contribution < 1.29 is 37.2 Å². The maximum atomic E-state index is 7.28. The molecule has 0 spiro atoms. The second kappa shape index (κ2) is 15.8. The molecule has 1 radical (unpaired) electrons. The van der Waals surface area contributed by atoms with Gasteiger partial charge in [0.2, 0.25) is 0 Å². The Balaban J connectivity index is 0.000000215. The van der Waals surface area contributed by atoms with Crippen LogP contribution in [0.3, 0.4) is 0 Å². The van der Waals surface area contributed by atoms with E-state index < -0.39 is 13.7 Å². The zero-order valence-corrected chi connectivity index (χ0v) is 34.1. The number of hydrogen-bond donors (Lipinski definition) is 0. The summed E-state index contributed by atoms with van der Waals surface area (Å²) in [6, 6.07) is 56.8. The third-order valence-corrected chi connectivity index (χ3v) is 10.3. The predicted molar refractivity (Wildman–Crippen MR) is 236 cm³/mol. The second-order valence-electron chi connectivity index (χ2n) is 14.2. The molecule has 6 heteroatoms. The number of rotatable bonds is 5. The van der Waals surface area contributed by atoms with Crippen LogP contribution in [0.5, 0.6) is 0 Å². The molecule has 0 aliphatic rings. The number of aromatic nitrogens is 3. The van der Waals surface area contributed by atoms with Gasteiger partial charge in [-0.3, -0.25) is 4.98 Å². The minimum Gasteiger partial charge on any atom is -0.557 e. The van der Waals surface area contributed by atoms with Crippen LogP contribution in [-0.4, -0.2) is 14.5 Å². The molecule has 0 amide bonds. The van der Waals surface area contributed by atoms with Crippen molar-refractivity contribution in [3.05, 3.63) is 199 Å². The number of nitrogens with zero attached hydrogens (tertiary/aromatic N) is 3. The van der Waals surface area contributed by atoms with E-state index in [2.05, 4.69) is 138 Å². The van der Waals surface area contributed by atoms with Gasteiger partial charge >= 0.3 is 0 Å². The van der Waals surface area contributed by atoms with E-state index in [0.717, 1.165) is 72.1 Å². The maximum Gasteiger partial charge on any atom is 0.135 e. The summed E-state index contributed by atoms with van der Waals surface area (Å²) in [6.07, 6.45) is 4.50. The zero-order chi connectivity index (χ0) is 44.2. The molecule has 0 N–H and O–H groups in total. The van der Waals surface area contributed by atoms with Crippen molar-refractivity contribution in [3.8, 4) is 50.6 Å². The number of aryl methyl sites for hydroxylation is 3. The molecule has 0 aliphatic heterocycles. The SMILES string of the molecule is Cc1ccc2c(c1)oc1ccc(-c3ccc4o[c-]c(-c5nc6ccccc6n5-c5ccc(-c6ccccc6)cc5)c4c3)cc12.[2H]C([2H])([2H])c1c[c-]c(-c2ccc(C([2H])([2H])[2H])cn2)cc1.[Ir]. The van der Waals surface area contributed by atoms with Gasteiger partial charge in [0.25, 0.3) is 0 Å². The van der Waals surface area contributed by atoms with E-state index in [-0.39, 0.29) is 31.2 Å². The average Bonchev–Trinajstić information content (AvgIpc) is 4.01. The fourth-order valence-corrected chi connectivity index (χ4v) is 7.41. The number of furan rings is 2. The third kappa shape index (κ3) is 7.29. The van der Waals surface area contributed by atoms with Crippen molar-refractivity contribution >= 4 is 43.9 Å². The van der Waals surface area contributed by atoms with Gasteiger partial charge in [0.05, 0.1) is 16.9 Å². The largest absolute Gasteiger partial charge is 0.557 e. The quantitative estimate of drug-likeness (QED) is 0.161. The number of hydrogen-bond acceptors (Lipinski definition) is 4.